The highest BCUT2D eigenvalue weighted by molar-refractivity contribution is 5.80. The molecule has 2 rings (SSSR count). The fourth-order valence-corrected chi connectivity index (χ4v) is 2.76. The Balaban J connectivity index is 1.69. The Labute approximate surface area is 126 Å². The molecule has 1 aromatic carbocycles. The van der Waals surface area contributed by atoms with E-state index in [2.05, 4.69) is 6.92 Å². The van der Waals surface area contributed by atoms with Gasteiger partial charge in [-0.3, -0.25) is 4.79 Å². The maximum absolute atomic E-state index is 12.1. The van der Waals surface area contributed by atoms with E-state index in [1.807, 2.05) is 30.3 Å². The van der Waals surface area contributed by atoms with Gasteiger partial charge >= 0.3 is 5.97 Å². The van der Waals surface area contributed by atoms with Gasteiger partial charge in [-0.15, -0.1) is 0 Å². The van der Waals surface area contributed by atoms with E-state index in [1.54, 1.807) is 0 Å². The van der Waals surface area contributed by atoms with Gasteiger partial charge in [-0.2, -0.15) is 0 Å². The van der Waals surface area contributed by atoms with Gasteiger partial charge in [0.1, 0.15) is 24.5 Å². The van der Waals surface area contributed by atoms with Crippen molar-refractivity contribution in [2.24, 2.45) is 11.7 Å². The number of hydrogen-bond acceptors (Lipinski definition) is 4. The second kappa shape index (κ2) is 7.46. The number of hydrogen-bond donors (Lipinski definition) is 1. The van der Waals surface area contributed by atoms with Crippen molar-refractivity contribution in [3.05, 3.63) is 30.3 Å². The molecule has 0 atom stereocenters. The summed E-state index contributed by atoms with van der Waals surface area (Å²) in [6, 6.07) is 9.49. The number of para-hydroxylation sites is 1. The minimum Gasteiger partial charge on any atom is -0.490 e. The predicted molar refractivity (Wildman–Crippen MR) is 82.1 cm³/mol. The average Bonchev–Trinajstić information content (AvgIpc) is 2.53. The summed E-state index contributed by atoms with van der Waals surface area (Å²) in [5.74, 6) is 1.20. The van der Waals surface area contributed by atoms with Crippen molar-refractivity contribution in [3.8, 4) is 5.75 Å². The standard InChI is InChI=1S/C17H25NO3/c1-2-14-8-10-17(18,11-9-14)16(19)21-13-12-20-15-6-4-3-5-7-15/h3-7,14H,2,8-13,18H2,1H3. The van der Waals surface area contributed by atoms with E-state index >= 15 is 0 Å². The summed E-state index contributed by atoms with van der Waals surface area (Å²) in [4.78, 5) is 12.1. The van der Waals surface area contributed by atoms with E-state index in [9.17, 15) is 4.79 Å². The summed E-state index contributed by atoms with van der Waals surface area (Å²) >= 11 is 0. The third-order valence-electron chi connectivity index (χ3n) is 4.31. The fraction of sp³-hybridized carbons (Fsp3) is 0.588. The van der Waals surface area contributed by atoms with Gasteiger partial charge in [-0.1, -0.05) is 31.5 Å². The lowest BCUT2D eigenvalue weighted by Crippen LogP contribution is -2.51. The van der Waals surface area contributed by atoms with Crippen molar-refractivity contribution >= 4 is 5.97 Å². The van der Waals surface area contributed by atoms with Crippen molar-refractivity contribution in [1.29, 1.82) is 0 Å². The molecule has 0 saturated heterocycles. The van der Waals surface area contributed by atoms with E-state index in [1.165, 1.54) is 0 Å². The molecule has 1 saturated carbocycles. The highest BCUT2D eigenvalue weighted by Crippen LogP contribution is 2.32. The summed E-state index contributed by atoms with van der Waals surface area (Å²) in [5.41, 5.74) is 5.40. The molecule has 0 amide bonds. The van der Waals surface area contributed by atoms with Gasteiger partial charge in [-0.05, 0) is 43.7 Å². The number of carbonyl (C=O) groups excluding carboxylic acids is 1. The lowest BCUT2D eigenvalue weighted by molar-refractivity contribution is -0.152. The Morgan fingerprint density at radius 3 is 2.52 bits per heavy atom. The van der Waals surface area contributed by atoms with Gasteiger partial charge in [0, 0.05) is 0 Å². The summed E-state index contributed by atoms with van der Waals surface area (Å²) in [6.45, 7) is 2.78. The van der Waals surface area contributed by atoms with Crippen LogP contribution in [0.4, 0.5) is 0 Å². The van der Waals surface area contributed by atoms with E-state index in [0.29, 0.717) is 12.5 Å². The monoisotopic (exact) mass is 291 g/mol. The molecule has 0 aromatic heterocycles. The van der Waals surface area contributed by atoms with E-state index < -0.39 is 5.54 Å². The third-order valence-corrected chi connectivity index (χ3v) is 4.31. The minimum absolute atomic E-state index is 0.240. The van der Waals surface area contributed by atoms with Crippen molar-refractivity contribution in [2.75, 3.05) is 13.2 Å². The van der Waals surface area contributed by atoms with Crippen molar-refractivity contribution in [1.82, 2.24) is 0 Å². The lowest BCUT2D eigenvalue weighted by Gasteiger charge is -2.34. The van der Waals surface area contributed by atoms with Crippen molar-refractivity contribution in [2.45, 2.75) is 44.6 Å². The summed E-state index contributed by atoms with van der Waals surface area (Å²) in [6.07, 6.45) is 4.65. The highest BCUT2D eigenvalue weighted by atomic mass is 16.6. The van der Waals surface area contributed by atoms with Crippen LogP contribution in [-0.4, -0.2) is 24.7 Å². The number of nitrogens with two attached hydrogens (primary N) is 1. The Kier molecular flexibility index (Phi) is 5.62. The zero-order valence-corrected chi connectivity index (χ0v) is 12.7. The second-order valence-corrected chi connectivity index (χ2v) is 5.81. The van der Waals surface area contributed by atoms with Crippen molar-refractivity contribution < 1.29 is 14.3 Å². The molecule has 0 aliphatic heterocycles. The van der Waals surface area contributed by atoms with Crippen LogP contribution in [0.15, 0.2) is 30.3 Å². The molecule has 0 bridgehead atoms. The molecule has 1 fully saturated rings. The maximum atomic E-state index is 12.1. The number of rotatable bonds is 6. The first-order valence-electron chi connectivity index (χ1n) is 7.78. The molecule has 1 aromatic rings. The first-order valence-corrected chi connectivity index (χ1v) is 7.78. The molecule has 2 N–H and O–H groups in total. The van der Waals surface area contributed by atoms with Crippen LogP contribution in [0.2, 0.25) is 0 Å². The van der Waals surface area contributed by atoms with Crippen LogP contribution in [-0.2, 0) is 9.53 Å². The number of carbonyl (C=O) groups is 1. The Morgan fingerprint density at radius 1 is 1.24 bits per heavy atom. The average molecular weight is 291 g/mol. The normalized spacial score (nSPS) is 25.3. The van der Waals surface area contributed by atoms with Crippen molar-refractivity contribution in [3.63, 3.8) is 0 Å². The molecular formula is C17H25NO3. The number of ether oxygens (including phenoxy) is 2. The first kappa shape index (κ1) is 15.8. The van der Waals surface area contributed by atoms with Crippen LogP contribution in [0.3, 0.4) is 0 Å². The van der Waals surface area contributed by atoms with Crippen LogP contribution in [0, 0.1) is 5.92 Å². The minimum atomic E-state index is -0.793. The SMILES string of the molecule is CCC1CCC(N)(C(=O)OCCOc2ccccc2)CC1. The number of benzene rings is 1. The lowest BCUT2D eigenvalue weighted by atomic mass is 9.76. The first-order chi connectivity index (χ1) is 10.1. The van der Waals surface area contributed by atoms with E-state index in [0.717, 1.165) is 37.9 Å². The molecule has 1 aliphatic rings. The van der Waals surface area contributed by atoms with Gasteiger partial charge in [0.15, 0.2) is 0 Å². The van der Waals surface area contributed by atoms with E-state index in [4.69, 9.17) is 15.2 Å². The molecule has 1 aliphatic carbocycles. The van der Waals surface area contributed by atoms with Crippen LogP contribution < -0.4 is 10.5 Å². The molecule has 0 radical (unpaired) electrons. The predicted octanol–water partition coefficient (Wildman–Crippen LogP) is 2.91. The van der Waals surface area contributed by atoms with Gasteiger partial charge in [0.25, 0.3) is 0 Å². The van der Waals surface area contributed by atoms with Crippen LogP contribution in [0.25, 0.3) is 0 Å². The Bertz CT molecular complexity index is 439. The highest BCUT2D eigenvalue weighted by Gasteiger charge is 2.39. The van der Waals surface area contributed by atoms with Crippen LogP contribution >= 0.6 is 0 Å². The molecule has 116 valence electrons. The number of esters is 1. The molecule has 4 heteroatoms. The van der Waals surface area contributed by atoms with Gasteiger partial charge in [0.05, 0.1) is 0 Å². The molecular weight excluding hydrogens is 266 g/mol. The second-order valence-electron chi connectivity index (χ2n) is 5.81. The Hall–Kier alpha value is -1.55. The summed E-state index contributed by atoms with van der Waals surface area (Å²) in [7, 11) is 0. The maximum Gasteiger partial charge on any atom is 0.326 e. The van der Waals surface area contributed by atoms with Gasteiger partial charge in [0.2, 0.25) is 0 Å². The topological polar surface area (TPSA) is 61.6 Å². The Morgan fingerprint density at radius 2 is 1.90 bits per heavy atom. The zero-order valence-electron chi connectivity index (χ0n) is 12.7. The molecule has 0 spiro atoms. The summed E-state index contributed by atoms with van der Waals surface area (Å²) < 4.78 is 10.8. The molecule has 21 heavy (non-hydrogen) atoms. The fourth-order valence-electron chi connectivity index (χ4n) is 2.76. The molecule has 0 unspecified atom stereocenters. The smallest absolute Gasteiger partial charge is 0.326 e. The molecule has 4 nitrogen and oxygen atoms in total. The zero-order chi connectivity index (χ0) is 15.1. The quantitative estimate of drug-likeness (QED) is 0.646. The molecule has 0 heterocycles. The van der Waals surface area contributed by atoms with Gasteiger partial charge in [-0.25, -0.2) is 0 Å². The van der Waals surface area contributed by atoms with Gasteiger partial charge < -0.3 is 15.2 Å². The van der Waals surface area contributed by atoms with Crippen LogP contribution in [0.5, 0.6) is 5.75 Å². The van der Waals surface area contributed by atoms with Crippen LogP contribution in [0.1, 0.15) is 39.0 Å². The third kappa shape index (κ3) is 4.46. The van der Waals surface area contributed by atoms with E-state index in [-0.39, 0.29) is 12.6 Å². The largest absolute Gasteiger partial charge is 0.490 e. The summed E-state index contributed by atoms with van der Waals surface area (Å²) in [5, 5.41) is 0.